The molecule has 0 saturated heterocycles. The minimum atomic E-state index is -0.772. The fraction of sp³-hybridized carbons (Fsp3) is 0.167. The molecule has 1 aliphatic heterocycles. The van der Waals surface area contributed by atoms with Crippen molar-refractivity contribution in [2.45, 2.75) is 11.0 Å². The van der Waals surface area contributed by atoms with Gasteiger partial charge in [0, 0.05) is 5.75 Å². The number of thiocyanates is 1. The van der Waals surface area contributed by atoms with Gasteiger partial charge in [0.2, 0.25) is 0 Å². The van der Waals surface area contributed by atoms with Crippen LogP contribution < -0.4 is 5.73 Å². The van der Waals surface area contributed by atoms with Crippen LogP contribution in [0.1, 0.15) is 5.56 Å². The van der Waals surface area contributed by atoms with Crippen molar-refractivity contribution >= 4 is 40.4 Å². The zero-order chi connectivity index (χ0) is 13.7. The number of hydrogen-bond acceptors (Lipinski definition) is 6. The molecule has 5 nitrogen and oxygen atoms in total. The Morgan fingerprint density at radius 2 is 2.05 bits per heavy atom. The number of aliphatic imine (C=N–C) groups is 2. The lowest BCUT2D eigenvalue weighted by Gasteiger charge is -2.13. The highest BCUT2D eigenvalue weighted by molar-refractivity contribution is 8.13. The van der Waals surface area contributed by atoms with E-state index in [0.717, 1.165) is 17.3 Å². The Hall–Kier alpha value is -1.78. The first-order valence-corrected chi connectivity index (χ1v) is 7.25. The van der Waals surface area contributed by atoms with Crippen molar-refractivity contribution in [3.05, 3.63) is 35.9 Å². The van der Waals surface area contributed by atoms with Crippen LogP contribution in [0.5, 0.6) is 0 Å². The second kappa shape index (κ2) is 6.41. The molecule has 0 spiro atoms. The Bertz CT molecular complexity index is 577. The maximum atomic E-state index is 11.7. The van der Waals surface area contributed by atoms with Crippen LogP contribution in [0.4, 0.5) is 0 Å². The molecule has 0 fully saturated rings. The number of hydrogen-bond donors (Lipinski definition) is 1. The van der Waals surface area contributed by atoms with E-state index in [1.165, 1.54) is 11.8 Å². The summed E-state index contributed by atoms with van der Waals surface area (Å²) in [4.78, 5) is 19.6. The van der Waals surface area contributed by atoms with Crippen molar-refractivity contribution in [2.24, 2.45) is 15.7 Å². The molecule has 0 bridgehead atoms. The number of amidine groups is 2. The lowest BCUT2D eigenvalue weighted by Crippen LogP contribution is -2.36. The molecule has 1 heterocycles. The quantitative estimate of drug-likeness (QED) is 0.856. The monoisotopic (exact) mass is 290 g/mol. The van der Waals surface area contributed by atoms with Crippen LogP contribution in [0.3, 0.4) is 0 Å². The van der Waals surface area contributed by atoms with Gasteiger partial charge in [0.25, 0.3) is 5.91 Å². The highest BCUT2D eigenvalue weighted by Gasteiger charge is 2.28. The van der Waals surface area contributed by atoms with Gasteiger partial charge in [-0.15, -0.1) is 0 Å². The molecule has 0 aliphatic carbocycles. The number of thioether (sulfide) groups is 2. The highest BCUT2D eigenvalue weighted by atomic mass is 32.2. The molecule has 0 saturated carbocycles. The van der Waals surface area contributed by atoms with Crippen LogP contribution in [0.2, 0.25) is 0 Å². The first kappa shape index (κ1) is 13.6. The second-order valence-electron chi connectivity index (χ2n) is 3.63. The number of nitrogens with zero attached hydrogens (tertiary/aromatic N) is 3. The van der Waals surface area contributed by atoms with Crippen LogP contribution in [0.25, 0.3) is 0 Å². The first-order chi connectivity index (χ1) is 9.20. The fourth-order valence-electron chi connectivity index (χ4n) is 1.42. The van der Waals surface area contributed by atoms with E-state index in [1.807, 2.05) is 35.7 Å². The largest absolute Gasteiger partial charge is 0.386 e. The summed E-state index contributed by atoms with van der Waals surface area (Å²) in [6.45, 7) is 0. The van der Waals surface area contributed by atoms with Gasteiger partial charge in [0.05, 0.1) is 0 Å². The molecule has 0 radical (unpaired) electrons. The molecule has 1 amide bonds. The minimum Gasteiger partial charge on any atom is -0.386 e. The van der Waals surface area contributed by atoms with E-state index in [4.69, 9.17) is 11.0 Å². The molecule has 1 aliphatic rings. The summed E-state index contributed by atoms with van der Waals surface area (Å²) >= 11 is 2.12. The molecule has 96 valence electrons. The maximum Gasteiger partial charge on any atom is 0.270 e. The van der Waals surface area contributed by atoms with Gasteiger partial charge in [0.15, 0.2) is 10.4 Å². The van der Waals surface area contributed by atoms with Gasteiger partial charge in [-0.2, -0.15) is 10.3 Å². The topological polar surface area (TPSA) is 91.6 Å². The third-order valence-corrected chi connectivity index (χ3v) is 4.01. The van der Waals surface area contributed by atoms with Gasteiger partial charge in [0.1, 0.15) is 11.2 Å². The van der Waals surface area contributed by atoms with Crippen LogP contribution in [0, 0.1) is 10.7 Å². The Morgan fingerprint density at radius 1 is 1.32 bits per heavy atom. The maximum absolute atomic E-state index is 11.7. The molecule has 1 atom stereocenters. The summed E-state index contributed by atoms with van der Waals surface area (Å²) in [7, 11) is 0. The van der Waals surface area contributed by atoms with Crippen LogP contribution in [-0.2, 0) is 10.5 Å². The Kier molecular flexibility index (Phi) is 4.60. The van der Waals surface area contributed by atoms with E-state index < -0.39 is 11.2 Å². The van der Waals surface area contributed by atoms with Gasteiger partial charge in [-0.1, -0.05) is 42.1 Å². The molecule has 1 unspecified atom stereocenters. The summed E-state index contributed by atoms with van der Waals surface area (Å²) in [6.07, 6.45) is 0. The lowest BCUT2D eigenvalue weighted by molar-refractivity contribution is -0.116. The summed E-state index contributed by atoms with van der Waals surface area (Å²) in [5, 5.41) is 9.97. The Morgan fingerprint density at radius 3 is 2.68 bits per heavy atom. The number of amides is 1. The van der Waals surface area contributed by atoms with E-state index in [0.29, 0.717) is 10.9 Å². The third-order valence-electron chi connectivity index (χ3n) is 2.30. The van der Waals surface area contributed by atoms with Gasteiger partial charge < -0.3 is 5.73 Å². The minimum absolute atomic E-state index is 0.141. The van der Waals surface area contributed by atoms with E-state index in [-0.39, 0.29) is 5.84 Å². The van der Waals surface area contributed by atoms with Gasteiger partial charge >= 0.3 is 0 Å². The van der Waals surface area contributed by atoms with E-state index in [2.05, 4.69) is 9.98 Å². The van der Waals surface area contributed by atoms with Gasteiger partial charge in [-0.3, -0.25) is 4.79 Å². The molecule has 2 rings (SSSR count). The standard InChI is InChI=1S/C12H10N4OS2/c13-7-19-9-10(14)15-12(16-11(9)17)18-6-8-4-2-1-3-5-8/h1-5,9H,6H2,(H2,14,15,16,17). The fourth-order valence-corrected chi connectivity index (χ4v) is 2.67. The van der Waals surface area contributed by atoms with E-state index >= 15 is 0 Å². The van der Waals surface area contributed by atoms with Gasteiger partial charge in [-0.25, -0.2) is 4.99 Å². The van der Waals surface area contributed by atoms with Crippen molar-refractivity contribution < 1.29 is 4.79 Å². The molecular formula is C12H10N4OS2. The predicted octanol–water partition coefficient (Wildman–Crippen LogP) is 1.76. The normalized spacial score (nSPS) is 18.5. The van der Waals surface area contributed by atoms with Crippen molar-refractivity contribution in [3.63, 3.8) is 0 Å². The molecular weight excluding hydrogens is 280 g/mol. The highest BCUT2D eigenvalue weighted by Crippen LogP contribution is 2.21. The van der Waals surface area contributed by atoms with Crippen molar-refractivity contribution in [1.29, 1.82) is 5.26 Å². The van der Waals surface area contributed by atoms with E-state index in [1.54, 1.807) is 0 Å². The number of carbonyl (C=O) groups is 1. The number of nitrogens with two attached hydrogens (primary N) is 1. The van der Waals surface area contributed by atoms with Crippen LogP contribution in [-0.4, -0.2) is 22.2 Å². The zero-order valence-electron chi connectivity index (χ0n) is 9.81. The van der Waals surface area contributed by atoms with Gasteiger partial charge in [-0.05, 0) is 17.3 Å². The second-order valence-corrected chi connectivity index (χ2v) is 5.46. The summed E-state index contributed by atoms with van der Waals surface area (Å²) in [6, 6.07) is 9.80. The number of benzene rings is 1. The number of carbonyl (C=O) groups excluding carboxylic acids is 1. The van der Waals surface area contributed by atoms with E-state index in [9.17, 15) is 4.79 Å². The Labute approximate surface area is 119 Å². The smallest absolute Gasteiger partial charge is 0.270 e. The Balaban J connectivity index is 2.02. The summed E-state index contributed by atoms with van der Waals surface area (Å²) in [5.74, 6) is 0.386. The van der Waals surface area contributed by atoms with Crippen molar-refractivity contribution in [1.82, 2.24) is 0 Å². The average Bonchev–Trinajstić information content (AvgIpc) is 2.42. The SMILES string of the molecule is N#CSC1C(=O)N=C(SCc2ccccc2)N=C1N. The van der Waals surface area contributed by atoms with Crippen LogP contribution >= 0.6 is 23.5 Å². The molecule has 1 aromatic carbocycles. The first-order valence-electron chi connectivity index (χ1n) is 5.39. The third kappa shape index (κ3) is 3.59. The zero-order valence-corrected chi connectivity index (χ0v) is 11.4. The molecule has 2 N–H and O–H groups in total. The predicted molar refractivity (Wildman–Crippen MR) is 78.8 cm³/mol. The lowest BCUT2D eigenvalue weighted by atomic mass is 10.2. The summed E-state index contributed by atoms with van der Waals surface area (Å²) < 4.78 is 0. The molecule has 1 aromatic rings. The van der Waals surface area contributed by atoms with Crippen LogP contribution in [0.15, 0.2) is 40.3 Å². The summed E-state index contributed by atoms with van der Waals surface area (Å²) in [5.41, 5.74) is 6.79. The molecule has 19 heavy (non-hydrogen) atoms. The van der Waals surface area contributed by atoms with Crippen molar-refractivity contribution in [3.8, 4) is 5.40 Å². The molecule has 7 heteroatoms. The van der Waals surface area contributed by atoms with Crippen molar-refractivity contribution in [2.75, 3.05) is 0 Å². The molecule has 0 aromatic heterocycles. The number of rotatable bonds is 3. The average molecular weight is 290 g/mol. The number of nitriles is 1.